The van der Waals surface area contributed by atoms with Gasteiger partial charge in [-0.3, -0.25) is 14.9 Å². The number of nitrogens with zero attached hydrogens (tertiary/aromatic N) is 2. The van der Waals surface area contributed by atoms with Gasteiger partial charge in [0.05, 0.1) is 30.0 Å². The van der Waals surface area contributed by atoms with Crippen LogP contribution < -0.4 is 15.5 Å². The van der Waals surface area contributed by atoms with Crippen molar-refractivity contribution in [1.82, 2.24) is 5.43 Å². The summed E-state index contributed by atoms with van der Waals surface area (Å²) in [5, 5.41) is 17.7. The number of hydrogen-bond acceptors (Lipinski definition) is 6. The topological polar surface area (TPSA) is 106 Å². The lowest BCUT2D eigenvalue weighted by atomic mass is 10.1. The van der Waals surface area contributed by atoms with Gasteiger partial charge in [-0.15, -0.1) is 0 Å². The highest BCUT2D eigenvalue weighted by molar-refractivity contribution is 5.99. The minimum absolute atomic E-state index is 0.00604. The monoisotopic (exact) mass is 342 g/mol. The summed E-state index contributed by atoms with van der Waals surface area (Å²) in [4.78, 5) is 22.2. The third-order valence-electron chi connectivity index (χ3n) is 3.37. The molecule has 25 heavy (non-hydrogen) atoms. The van der Waals surface area contributed by atoms with E-state index in [1.807, 2.05) is 12.1 Å². The molecule has 8 heteroatoms. The van der Waals surface area contributed by atoms with E-state index in [0.29, 0.717) is 22.7 Å². The number of carbonyl (C=O) groups is 1. The van der Waals surface area contributed by atoms with Gasteiger partial charge < -0.3 is 10.1 Å². The number of methoxy groups -OCH3 is 1. The molecule has 0 atom stereocenters. The standard InChI is InChI=1S/C17H18N4O4/c1-12(13-6-5-7-14(10-13)21(23)24)19-20-17(22)11-18-15-8-3-4-9-16(15)25-2/h3-10,18H,11H2,1-2H3,(H,20,22)/b19-12+. The average Bonchev–Trinajstić information content (AvgIpc) is 2.64. The number of hydrazone groups is 1. The van der Waals surface area contributed by atoms with Gasteiger partial charge in [-0.2, -0.15) is 5.10 Å². The Hall–Kier alpha value is -3.42. The highest BCUT2D eigenvalue weighted by Gasteiger charge is 2.08. The lowest BCUT2D eigenvalue weighted by Gasteiger charge is -2.10. The van der Waals surface area contributed by atoms with Crippen molar-refractivity contribution in [2.75, 3.05) is 19.0 Å². The van der Waals surface area contributed by atoms with E-state index in [4.69, 9.17) is 4.74 Å². The number of nitro groups is 1. The second-order valence-corrected chi connectivity index (χ2v) is 5.09. The van der Waals surface area contributed by atoms with E-state index in [0.717, 1.165) is 0 Å². The van der Waals surface area contributed by atoms with Crippen LogP contribution in [-0.2, 0) is 4.79 Å². The normalized spacial score (nSPS) is 10.9. The van der Waals surface area contributed by atoms with E-state index in [9.17, 15) is 14.9 Å². The molecular formula is C17H18N4O4. The van der Waals surface area contributed by atoms with Crippen molar-refractivity contribution in [2.45, 2.75) is 6.92 Å². The number of carbonyl (C=O) groups excluding carboxylic acids is 1. The van der Waals surface area contributed by atoms with E-state index in [2.05, 4.69) is 15.8 Å². The summed E-state index contributed by atoms with van der Waals surface area (Å²) in [5.41, 5.74) is 4.11. The summed E-state index contributed by atoms with van der Waals surface area (Å²) in [7, 11) is 1.55. The Morgan fingerprint density at radius 1 is 1.24 bits per heavy atom. The smallest absolute Gasteiger partial charge is 0.270 e. The Morgan fingerprint density at radius 2 is 2.00 bits per heavy atom. The number of ether oxygens (including phenoxy) is 1. The van der Waals surface area contributed by atoms with Crippen molar-refractivity contribution < 1.29 is 14.5 Å². The molecule has 0 radical (unpaired) electrons. The van der Waals surface area contributed by atoms with Gasteiger partial charge in [-0.25, -0.2) is 5.43 Å². The number of benzene rings is 2. The zero-order chi connectivity index (χ0) is 18.2. The molecule has 8 nitrogen and oxygen atoms in total. The first-order chi connectivity index (χ1) is 12.0. The quantitative estimate of drug-likeness (QED) is 0.457. The van der Waals surface area contributed by atoms with E-state index < -0.39 is 4.92 Å². The van der Waals surface area contributed by atoms with Crippen molar-refractivity contribution in [3.05, 3.63) is 64.2 Å². The number of nitrogens with one attached hydrogen (secondary N) is 2. The maximum Gasteiger partial charge on any atom is 0.270 e. The zero-order valence-electron chi connectivity index (χ0n) is 13.9. The Balaban J connectivity index is 1.95. The molecule has 0 aliphatic carbocycles. The Bertz CT molecular complexity index is 805. The van der Waals surface area contributed by atoms with Crippen LogP contribution in [0.1, 0.15) is 12.5 Å². The molecule has 0 fully saturated rings. The second-order valence-electron chi connectivity index (χ2n) is 5.09. The first-order valence-electron chi connectivity index (χ1n) is 7.46. The van der Waals surface area contributed by atoms with Crippen LogP contribution in [0.3, 0.4) is 0 Å². The molecule has 0 aliphatic heterocycles. The molecule has 0 aliphatic rings. The highest BCUT2D eigenvalue weighted by Crippen LogP contribution is 2.22. The first-order valence-corrected chi connectivity index (χ1v) is 7.46. The molecule has 0 spiro atoms. The van der Waals surface area contributed by atoms with Crippen LogP contribution in [0.5, 0.6) is 5.75 Å². The van der Waals surface area contributed by atoms with E-state index in [1.165, 1.54) is 12.1 Å². The Morgan fingerprint density at radius 3 is 2.72 bits per heavy atom. The number of nitro benzene ring substituents is 1. The first kappa shape index (κ1) is 17.9. The lowest BCUT2D eigenvalue weighted by molar-refractivity contribution is -0.384. The summed E-state index contributed by atoms with van der Waals surface area (Å²) in [5.74, 6) is 0.280. The molecule has 130 valence electrons. The maximum absolute atomic E-state index is 11.9. The number of para-hydroxylation sites is 2. The van der Waals surface area contributed by atoms with Gasteiger partial charge in [0.1, 0.15) is 5.75 Å². The van der Waals surface area contributed by atoms with E-state index >= 15 is 0 Å². The fourth-order valence-electron chi connectivity index (χ4n) is 2.06. The Kier molecular flexibility index (Phi) is 6.05. The van der Waals surface area contributed by atoms with E-state index in [-0.39, 0.29) is 18.1 Å². The van der Waals surface area contributed by atoms with Crippen molar-refractivity contribution in [2.24, 2.45) is 5.10 Å². The van der Waals surface area contributed by atoms with Gasteiger partial charge in [-0.1, -0.05) is 24.3 Å². The number of anilines is 1. The molecule has 2 N–H and O–H groups in total. The van der Waals surface area contributed by atoms with Crippen LogP contribution in [0, 0.1) is 10.1 Å². The van der Waals surface area contributed by atoms with Crippen molar-refractivity contribution in [1.29, 1.82) is 0 Å². The molecule has 2 aromatic rings. The number of amides is 1. The van der Waals surface area contributed by atoms with Crippen molar-refractivity contribution in [3.8, 4) is 5.75 Å². The summed E-state index contributed by atoms with van der Waals surface area (Å²) in [6, 6.07) is 13.3. The van der Waals surface area contributed by atoms with Crippen LogP contribution in [0.25, 0.3) is 0 Å². The van der Waals surface area contributed by atoms with Crippen LogP contribution in [0.2, 0.25) is 0 Å². The highest BCUT2D eigenvalue weighted by atomic mass is 16.6. The molecule has 1 amide bonds. The third kappa shape index (κ3) is 5.03. The molecule has 0 saturated heterocycles. The number of rotatable bonds is 7. The van der Waals surface area contributed by atoms with E-state index in [1.54, 1.807) is 38.3 Å². The van der Waals surface area contributed by atoms with Crippen LogP contribution in [0.15, 0.2) is 53.6 Å². The summed E-state index contributed by atoms with van der Waals surface area (Å²) in [6.07, 6.45) is 0. The van der Waals surface area contributed by atoms with Crippen molar-refractivity contribution in [3.63, 3.8) is 0 Å². The minimum atomic E-state index is -0.480. The number of hydrogen-bond donors (Lipinski definition) is 2. The predicted molar refractivity (Wildman–Crippen MR) is 94.9 cm³/mol. The fourth-order valence-corrected chi connectivity index (χ4v) is 2.06. The largest absolute Gasteiger partial charge is 0.495 e. The predicted octanol–water partition coefficient (Wildman–Crippen LogP) is 2.56. The number of non-ortho nitro benzene ring substituents is 1. The molecule has 0 aromatic heterocycles. The minimum Gasteiger partial charge on any atom is -0.495 e. The molecule has 0 bridgehead atoms. The van der Waals surface area contributed by atoms with Gasteiger partial charge in [0.15, 0.2) is 0 Å². The third-order valence-corrected chi connectivity index (χ3v) is 3.37. The SMILES string of the molecule is COc1ccccc1NCC(=O)N/N=C(\C)c1cccc([N+](=O)[O-])c1. The second kappa shape index (κ2) is 8.44. The van der Waals surface area contributed by atoms with Gasteiger partial charge >= 0.3 is 0 Å². The van der Waals surface area contributed by atoms with Crippen LogP contribution in [0.4, 0.5) is 11.4 Å². The lowest BCUT2D eigenvalue weighted by Crippen LogP contribution is -2.26. The average molecular weight is 342 g/mol. The van der Waals surface area contributed by atoms with Crippen molar-refractivity contribution >= 4 is 23.0 Å². The molecule has 0 unspecified atom stereocenters. The van der Waals surface area contributed by atoms with Gasteiger partial charge in [0, 0.05) is 17.7 Å². The van der Waals surface area contributed by atoms with Crippen LogP contribution in [-0.4, -0.2) is 30.2 Å². The molecular weight excluding hydrogens is 324 g/mol. The maximum atomic E-state index is 11.9. The van der Waals surface area contributed by atoms with Crippen LogP contribution >= 0.6 is 0 Å². The molecule has 0 saturated carbocycles. The van der Waals surface area contributed by atoms with Gasteiger partial charge in [0.2, 0.25) is 0 Å². The fraction of sp³-hybridized carbons (Fsp3) is 0.176. The summed E-state index contributed by atoms with van der Waals surface area (Å²) < 4.78 is 5.19. The Labute approximate surface area is 144 Å². The molecule has 2 rings (SSSR count). The summed E-state index contributed by atoms with van der Waals surface area (Å²) in [6.45, 7) is 1.67. The zero-order valence-corrected chi connectivity index (χ0v) is 13.9. The molecule has 0 heterocycles. The summed E-state index contributed by atoms with van der Waals surface area (Å²) >= 11 is 0. The van der Waals surface area contributed by atoms with Gasteiger partial charge in [0.25, 0.3) is 11.6 Å². The molecule has 2 aromatic carbocycles. The van der Waals surface area contributed by atoms with Gasteiger partial charge in [-0.05, 0) is 19.1 Å².